The molecule has 0 spiro atoms. The van der Waals surface area contributed by atoms with Gasteiger partial charge in [-0.25, -0.2) is 9.69 Å². The summed E-state index contributed by atoms with van der Waals surface area (Å²) in [7, 11) is 1.62. The Morgan fingerprint density at radius 3 is 2.60 bits per heavy atom. The molecule has 1 aromatic rings. The largest absolute Gasteiger partial charge is 0.443 e. The molecule has 0 aromatic heterocycles. The van der Waals surface area contributed by atoms with Crippen LogP contribution < -0.4 is 10.2 Å². The average molecular weight is 291 g/mol. The van der Waals surface area contributed by atoms with E-state index in [1.165, 1.54) is 4.90 Å². The quantitative estimate of drug-likeness (QED) is 0.806. The maximum absolute atomic E-state index is 12.3. The molecule has 5 nitrogen and oxygen atoms in total. The van der Waals surface area contributed by atoms with Gasteiger partial charge in [0.25, 0.3) is 0 Å². The van der Waals surface area contributed by atoms with Crippen molar-refractivity contribution < 1.29 is 9.53 Å². The normalized spacial score (nSPS) is 10.3. The molecule has 0 saturated carbocycles. The second kappa shape index (κ2) is 6.35. The first-order valence-corrected chi connectivity index (χ1v) is 6.44. The summed E-state index contributed by atoms with van der Waals surface area (Å²) in [6, 6.07) is 8.63. The Balaban J connectivity index is 3.16. The number of amides is 1. The third kappa shape index (κ3) is 4.21. The van der Waals surface area contributed by atoms with Gasteiger partial charge in [0, 0.05) is 7.05 Å². The van der Waals surface area contributed by atoms with Gasteiger partial charge in [-0.3, -0.25) is 0 Å². The van der Waals surface area contributed by atoms with E-state index in [-0.39, 0.29) is 5.11 Å². The van der Waals surface area contributed by atoms with E-state index in [9.17, 15) is 4.79 Å². The second-order valence-corrected chi connectivity index (χ2v) is 5.42. The summed E-state index contributed by atoms with van der Waals surface area (Å²) in [6.45, 7) is 5.33. The van der Waals surface area contributed by atoms with Crippen LogP contribution >= 0.6 is 12.2 Å². The number of anilines is 1. The third-order valence-electron chi connectivity index (χ3n) is 2.23. The molecule has 106 valence electrons. The van der Waals surface area contributed by atoms with Gasteiger partial charge in [-0.05, 0) is 51.2 Å². The van der Waals surface area contributed by atoms with Crippen molar-refractivity contribution in [3.05, 3.63) is 29.8 Å². The number of rotatable bonds is 1. The van der Waals surface area contributed by atoms with Crippen molar-refractivity contribution in [3.8, 4) is 6.07 Å². The maximum atomic E-state index is 12.3. The van der Waals surface area contributed by atoms with E-state index in [4.69, 9.17) is 22.2 Å². The van der Waals surface area contributed by atoms with E-state index >= 15 is 0 Å². The fourth-order valence-corrected chi connectivity index (χ4v) is 1.62. The highest BCUT2D eigenvalue weighted by Gasteiger charge is 2.26. The van der Waals surface area contributed by atoms with Crippen LogP contribution in [0.3, 0.4) is 0 Å². The van der Waals surface area contributed by atoms with Crippen LogP contribution in [0.4, 0.5) is 10.5 Å². The highest BCUT2D eigenvalue weighted by Crippen LogP contribution is 2.19. The molecule has 6 heteroatoms. The molecule has 0 unspecified atom stereocenters. The predicted molar refractivity (Wildman–Crippen MR) is 81.5 cm³/mol. The van der Waals surface area contributed by atoms with Crippen molar-refractivity contribution in [1.29, 1.82) is 5.26 Å². The third-order valence-corrected chi connectivity index (χ3v) is 2.61. The highest BCUT2D eigenvalue weighted by atomic mass is 32.1. The number of nitrogens with zero attached hydrogens (tertiary/aromatic N) is 2. The second-order valence-electron chi connectivity index (χ2n) is 5.03. The number of nitriles is 1. The number of nitrogens with one attached hydrogen (secondary N) is 1. The number of carbonyl (C=O) groups excluding carboxylic acids is 1. The Morgan fingerprint density at radius 1 is 1.45 bits per heavy atom. The van der Waals surface area contributed by atoms with Gasteiger partial charge in [0.2, 0.25) is 0 Å². The lowest BCUT2D eigenvalue weighted by molar-refractivity contribution is 0.0604. The zero-order chi connectivity index (χ0) is 15.3. The summed E-state index contributed by atoms with van der Waals surface area (Å²) < 4.78 is 5.33. The molecule has 0 aliphatic heterocycles. The van der Waals surface area contributed by atoms with Crippen LogP contribution in [-0.4, -0.2) is 23.9 Å². The van der Waals surface area contributed by atoms with E-state index < -0.39 is 11.7 Å². The molecule has 0 bridgehead atoms. The predicted octanol–water partition coefficient (Wildman–Crippen LogP) is 2.80. The summed E-state index contributed by atoms with van der Waals surface area (Å²) in [6.07, 6.45) is -0.591. The Bertz CT molecular complexity index is 558. The molecular weight excluding hydrogens is 274 g/mol. The smallest absolute Gasteiger partial charge is 0.421 e. The van der Waals surface area contributed by atoms with E-state index in [0.717, 1.165) is 0 Å². The topological polar surface area (TPSA) is 65.4 Å². The highest BCUT2D eigenvalue weighted by molar-refractivity contribution is 7.80. The number of hydrogen-bond acceptors (Lipinski definition) is 4. The van der Waals surface area contributed by atoms with E-state index in [2.05, 4.69) is 5.32 Å². The minimum atomic E-state index is -0.633. The van der Waals surface area contributed by atoms with Crippen LogP contribution in [0, 0.1) is 11.3 Å². The van der Waals surface area contributed by atoms with Gasteiger partial charge >= 0.3 is 6.09 Å². The van der Waals surface area contributed by atoms with E-state index in [1.807, 2.05) is 6.07 Å². The Labute approximate surface area is 124 Å². The Kier molecular flexibility index (Phi) is 5.06. The van der Waals surface area contributed by atoms with E-state index in [1.54, 1.807) is 52.1 Å². The Morgan fingerprint density at radius 2 is 2.10 bits per heavy atom. The van der Waals surface area contributed by atoms with Gasteiger partial charge in [-0.15, -0.1) is 0 Å². The zero-order valence-corrected chi connectivity index (χ0v) is 12.7. The Hall–Kier alpha value is -2.13. The zero-order valence-electron chi connectivity index (χ0n) is 11.9. The minimum Gasteiger partial charge on any atom is -0.443 e. The van der Waals surface area contributed by atoms with Crippen LogP contribution in [-0.2, 0) is 4.74 Å². The van der Waals surface area contributed by atoms with Gasteiger partial charge in [0.1, 0.15) is 5.60 Å². The van der Waals surface area contributed by atoms with E-state index in [0.29, 0.717) is 11.3 Å². The number of hydrogen-bond donors (Lipinski definition) is 1. The number of benzene rings is 1. The fraction of sp³-hybridized carbons (Fsp3) is 0.357. The van der Waals surface area contributed by atoms with Crippen LogP contribution in [0.25, 0.3) is 0 Å². The van der Waals surface area contributed by atoms with Crippen molar-refractivity contribution in [2.24, 2.45) is 0 Å². The van der Waals surface area contributed by atoms with Crippen LogP contribution in [0.1, 0.15) is 26.3 Å². The van der Waals surface area contributed by atoms with Gasteiger partial charge in [0.05, 0.1) is 17.3 Å². The molecule has 0 aliphatic carbocycles. The lowest BCUT2D eigenvalue weighted by Gasteiger charge is -2.27. The van der Waals surface area contributed by atoms with Crippen molar-refractivity contribution in [2.45, 2.75) is 26.4 Å². The molecule has 0 aliphatic rings. The van der Waals surface area contributed by atoms with Crippen molar-refractivity contribution in [1.82, 2.24) is 5.32 Å². The standard InChI is InChI=1S/C14H17N3O2S/c1-14(2,3)19-13(18)17(12(20)16-4)11-7-5-6-10(8-11)9-15/h5-8H,1-4H3,(H,16,20). The van der Waals surface area contributed by atoms with Gasteiger partial charge in [0.15, 0.2) is 5.11 Å². The van der Waals surface area contributed by atoms with Crippen LogP contribution in [0.5, 0.6) is 0 Å². The summed E-state index contributed by atoms with van der Waals surface area (Å²) in [5.74, 6) is 0. The van der Waals surface area contributed by atoms with Crippen molar-refractivity contribution in [2.75, 3.05) is 11.9 Å². The molecule has 1 rings (SSSR count). The van der Waals surface area contributed by atoms with Crippen LogP contribution in [0.15, 0.2) is 24.3 Å². The first kappa shape index (κ1) is 15.9. The summed E-state index contributed by atoms with van der Waals surface area (Å²) >= 11 is 5.13. The number of carbonyl (C=O) groups is 1. The maximum Gasteiger partial charge on any atom is 0.421 e. The average Bonchev–Trinajstić information content (AvgIpc) is 2.36. The van der Waals surface area contributed by atoms with Crippen LogP contribution in [0.2, 0.25) is 0 Å². The lowest BCUT2D eigenvalue weighted by atomic mass is 10.2. The number of thiocarbonyl (C=S) groups is 1. The minimum absolute atomic E-state index is 0.203. The summed E-state index contributed by atoms with van der Waals surface area (Å²) in [5.41, 5.74) is 0.290. The molecule has 1 N–H and O–H groups in total. The molecule has 0 atom stereocenters. The monoisotopic (exact) mass is 291 g/mol. The first-order chi connectivity index (χ1) is 9.28. The lowest BCUT2D eigenvalue weighted by Crippen LogP contribution is -2.45. The van der Waals surface area contributed by atoms with Crippen molar-refractivity contribution in [3.63, 3.8) is 0 Å². The molecule has 1 aromatic carbocycles. The van der Waals surface area contributed by atoms with Gasteiger partial charge in [-0.2, -0.15) is 5.26 Å². The molecule has 0 heterocycles. The van der Waals surface area contributed by atoms with Gasteiger partial charge < -0.3 is 10.1 Å². The molecule has 0 saturated heterocycles. The molecule has 20 heavy (non-hydrogen) atoms. The van der Waals surface area contributed by atoms with Gasteiger partial charge in [-0.1, -0.05) is 6.07 Å². The SMILES string of the molecule is CNC(=S)N(C(=O)OC(C)(C)C)c1cccc(C#N)c1. The summed E-state index contributed by atoms with van der Waals surface area (Å²) in [5, 5.41) is 11.9. The molecule has 0 fully saturated rings. The summed E-state index contributed by atoms with van der Waals surface area (Å²) in [4.78, 5) is 13.5. The number of ether oxygens (including phenoxy) is 1. The molecule has 0 radical (unpaired) electrons. The molecular formula is C14H17N3O2S. The molecule has 1 amide bonds. The first-order valence-electron chi connectivity index (χ1n) is 6.03. The fourth-order valence-electron chi connectivity index (χ4n) is 1.44. The van der Waals surface area contributed by atoms with Crippen molar-refractivity contribution >= 4 is 29.1 Å².